The molecule has 0 aromatic carbocycles. The molecule has 2 rings (SSSR count). The van der Waals surface area contributed by atoms with Gasteiger partial charge in [-0.1, -0.05) is 30.8 Å². The van der Waals surface area contributed by atoms with Crippen molar-refractivity contribution in [3.8, 4) is 0 Å². The van der Waals surface area contributed by atoms with Crippen LogP contribution in [-0.2, 0) is 9.59 Å². The number of nitrogens with zero attached hydrogens (tertiary/aromatic N) is 2. The number of carbonyl (C=O) groups is 2. The molecule has 0 atom stereocenters. The number of aryl methyl sites for hydroxylation is 1. The lowest BCUT2D eigenvalue weighted by Gasteiger charge is -2.19. The molecule has 0 aliphatic heterocycles. The van der Waals surface area contributed by atoms with Gasteiger partial charge in [-0.3, -0.25) is 14.5 Å². The van der Waals surface area contributed by atoms with E-state index in [4.69, 9.17) is 4.52 Å². The van der Waals surface area contributed by atoms with Crippen molar-refractivity contribution in [3.05, 3.63) is 11.8 Å². The van der Waals surface area contributed by atoms with Crippen molar-refractivity contribution in [1.82, 2.24) is 10.5 Å². The topological polar surface area (TPSA) is 75.4 Å². The second kappa shape index (κ2) is 7.96. The maximum absolute atomic E-state index is 12.1. The normalized spacial score (nSPS) is 16.1. The second-order valence-electron chi connectivity index (χ2n) is 5.97. The van der Waals surface area contributed by atoms with E-state index in [1.54, 1.807) is 13.0 Å². The quantitative estimate of drug-likeness (QED) is 0.848. The molecule has 1 N–H and O–H groups in total. The molecule has 1 aromatic rings. The van der Waals surface area contributed by atoms with Gasteiger partial charge in [0.05, 0.1) is 0 Å². The number of hydrogen-bond acceptors (Lipinski definition) is 4. The maximum Gasteiger partial charge on any atom is 0.225 e. The summed E-state index contributed by atoms with van der Waals surface area (Å²) >= 11 is 0. The minimum Gasteiger partial charge on any atom is -0.360 e. The third-order valence-corrected chi connectivity index (χ3v) is 4.05. The average molecular weight is 307 g/mol. The molecule has 6 nitrogen and oxygen atoms in total. The van der Waals surface area contributed by atoms with E-state index in [2.05, 4.69) is 10.5 Å². The fraction of sp³-hybridized carbons (Fsp3) is 0.688. The van der Waals surface area contributed by atoms with E-state index >= 15 is 0 Å². The zero-order valence-electron chi connectivity index (χ0n) is 13.4. The zero-order valence-corrected chi connectivity index (χ0v) is 13.4. The van der Waals surface area contributed by atoms with Crippen molar-refractivity contribution in [1.29, 1.82) is 0 Å². The number of nitrogens with one attached hydrogen (secondary N) is 1. The van der Waals surface area contributed by atoms with Crippen molar-refractivity contribution in [3.63, 3.8) is 0 Å². The van der Waals surface area contributed by atoms with E-state index < -0.39 is 0 Å². The summed E-state index contributed by atoms with van der Waals surface area (Å²) in [5, 5.41) is 6.93. The fourth-order valence-corrected chi connectivity index (χ4v) is 2.85. The first kappa shape index (κ1) is 16.5. The molecule has 0 spiro atoms. The highest BCUT2D eigenvalue weighted by molar-refractivity contribution is 5.91. The van der Waals surface area contributed by atoms with Gasteiger partial charge in [0.2, 0.25) is 11.8 Å². The monoisotopic (exact) mass is 307 g/mol. The molecule has 1 fully saturated rings. The van der Waals surface area contributed by atoms with Crippen LogP contribution in [0.25, 0.3) is 0 Å². The van der Waals surface area contributed by atoms with E-state index in [-0.39, 0.29) is 24.3 Å². The van der Waals surface area contributed by atoms with Crippen molar-refractivity contribution in [2.45, 2.75) is 64.8 Å². The average Bonchev–Trinajstić information content (AvgIpc) is 2.73. The van der Waals surface area contributed by atoms with Gasteiger partial charge in [-0.25, -0.2) is 0 Å². The third kappa shape index (κ3) is 4.86. The van der Waals surface area contributed by atoms with Gasteiger partial charge >= 0.3 is 0 Å². The number of aromatic nitrogens is 1. The van der Waals surface area contributed by atoms with Crippen LogP contribution in [0.1, 0.15) is 57.6 Å². The summed E-state index contributed by atoms with van der Waals surface area (Å²) in [5.74, 6) is 0.963. The van der Waals surface area contributed by atoms with Gasteiger partial charge in [0, 0.05) is 32.0 Å². The van der Waals surface area contributed by atoms with E-state index in [1.165, 1.54) is 37.5 Å². The number of amides is 2. The van der Waals surface area contributed by atoms with Crippen molar-refractivity contribution in [2.24, 2.45) is 0 Å². The Morgan fingerprint density at radius 3 is 2.55 bits per heavy atom. The Morgan fingerprint density at radius 1 is 1.32 bits per heavy atom. The van der Waals surface area contributed by atoms with Crippen LogP contribution >= 0.6 is 0 Å². The van der Waals surface area contributed by atoms with Crippen LogP contribution in [0.3, 0.4) is 0 Å². The summed E-state index contributed by atoms with van der Waals surface area (Å²) in [6.45, 7) is 3.56. The van der Waals surface area contributed by atoms with Gasteiger partial charge in [0.25, 0.3) is 0 Å². The van der Waals surface area contributed by atoms with Gasteiger partial charge in [0.1, 0.15) is 5.76 Å². The number of rotatable bonds is 5. The molecule has 122 valence electrons. The van der Waals surface area contributed by atoms with Crippen LogP contribution in [0.15, 0.2) is 10.6 Å². The standard InChI is InChI=1S/C16H25N3O3/c1-12-11-15(18-22-12)19(13(2)20)10-9-16(21)17-14-7-5-3-4-6-8-14/h11,14H,3-10H2,1-2H3,(H,17,21). The highest BCUT2D eigenvalue weighted by atomic mass is 16.5. The van der Waals surface area contributed by atoms with Gasteiger partial charge in [-0.2, -0.15) is 0 Å². The molecule has 6 heteroatoms. The van der Waals surface area contributed by atoms with E-state index in [0.29, 0.717) is 18.1 Å². The summed E-state index contributed by atoms with van der Waals surface area (Å²) in [5.41, 5.74) is 0. The lowest BCUT2D eigenvalue weighted by molar-refractivity contribution is -0.121. The van der Waals surface area contributed by atoms with Crippen molar-refractivity contribution < 1.29 is 14.1 Å². The third-order valence-electron chi connectivity index (χ3n) is 4.05. The van der Waals surface area contributed by atoms with Gasteiger partial charge < -0.3 is 9.84 Å². The first-order valence-corrected chi connectivity index (χ1v) is 8.07. The Kier molecular flexibility index (Phi) is 5.98. The lowest BCUT2D eigenvalue weighted by atomic mass is 10.1. The summed E-state index contributed by atoms with van der Waals surface area (Å²) in [7, 11) is 0. The Balaban J connectivity index is 1.83. The summed E-state index contributed by atoms with van der Waals surface area (Å²) < 4.78 is 4.99. The lowest BCUT2D eigenvalue weighted by Crippen LogP contribution is -2.38. The number of anilines is 1. The van der Waals surface area contributed by atoms with Crippen LogP contribution in [0, 0.1) is 6.92 Å². The minimum absolute atomic E-state index is 0.00151. The smallest absolute Gasteiger partial charge is 0.225 e. The molecule has 0 radical (unpaired) electrons. The van der Waals surface area contributed by atoms with E-state index in [9.17, 15) is 9.59 Å². The summed E-state index contributed by atoms with van der Waals surface area (Å²) in [6, 6.07) is 1.99. The predicted molar refractivity (Wildman–Crippen MR) is 83.5 cm³/mol. The summed E-state index contributed by atoms with van der Waals surface area (Å²) in [4.78, 5) is 25.3. The first-order chi connectivity index (χ1) is 10.6. The molecule has 1 saturated carbocycles. The zero-order chi connectivity index (χ0) is 15.9. The highest BCUT2D eigenvalue weighted by Crippen LogP contribution is 2.18. The molecule has 0 unspecified atom stereocenters. The predicted octanol–water partition coefficient (Wildman–Crippen LogP) is 2.57. The molecule has 22 heavy (non-hydrogen) atoms. The molecule has 0 saturated heterocycles. The van der Waals surface area contributed by atoms with Gasteiger partial charge in [-0.15, -0.1) is 0 Å². The Bertz CT molecular complexity index is 504. The molecule has 1 aliphatic rings. The van der Waals surface area contributed by atoms with Crippen LogP contribution in [0.4, 0.5) is 5.82 Å². The van der Waals surface area contributed by atoms with E-state index in [0.717, 1.165) is 12.8 Å². The molecular formula is C16H25N3O3. The highest BCUT2D eigenvalue weighted by Gasteiger charge is 2.19. The number of carbonyl (C=O) groups excluding carboxylic acids is 2. The maximum atomic E-state index is 12.1. The molecular weight excluding hydrogens is 282 g/mol. The first-order valence-electron chi connectivity index (χ1n) is 8.07. The molecule has 1 heterocycles. The molecule has 2 amide bonds. The SMILES string of the molecule is CC(=O)N(CCC(=O)NC1CCCCCC1)c1cc(C)on1. The number of hydrogen-bond donors (Lipinski definition) is 1. The van der Waals surface area contributed by atoms with Gasteiger partial charge in [0.15, 0.2) is 5.82 Å². The molecule has 1 aliphatic carbocycles. The van der Waals surface area contributed by atoms with Crippen LogP contribution < -0.4 is 10.2 Å². The largest absolute Gasteiger partial charge is 0.360 e. The van der Waals surface area contributed by atoms with Crippen LogP contribution in [-0.4, -0.2) is 29.6 Å². The van der Waals surface area contributed by atoms with Crippen molar-refractivity contribution >= 4 is 17.6 Å². The van der Waals surface area contributed by atoms with Crippen LogP contribution in [0.2, 0.25) is 0 Å². The Hall–Kier alpha value is -1.85. The fourth-order valence-electron chi connectivity index (χ4n) is 2.85. The van der Waals surface area contributed by atoms with Crippen molar-refractivity contribution in [2.75, 3.05) is 11.4 Å². The molecule has 0 bridgehead atoms. The molecule has 1 aromatic heterocycles. The summed E-state index contributed by atoms with van der Waals surface area (Å²) in [6.07, 6.45) is 7.29. The van der Waals surface area contributed by atoms with E-state index in [1.807, 2.05) is 0 Å². The Morgan fingerprint density at radius 2 is 2.00 bits per heavy atom. The Labute approximate surface area is 131 Å². The van der Waals surface area contributed by atoms with Gasteiger partial charge in [-0.05, 0) is 19.8 Å². The minimum atomic E-state index is -0.143. The second-order valence-corrected chi connectivity index (χ2v) is 5.97. The van der Waals surface area contributed by atoms with Crippen LogP contribution in [0.5, 0.6) is 0 Å².